The van der Waals surface area contributed by atoms with Gasteiger partial charge in [0.05, 0.1) is 17.4 Å². The minimum absolute atomic E-state index is 0.160. The number of amides is 3. The molecule has 2 N–H and O–H groups in total. The molecule has 0 radical (unpaired) electrons. The molecule has 1 aromatic rings. The van der Waals surface area contributed by atoms with Gasteiger partial charge in [0, 0.05) is 34.1 Å². The Hall–Kier alpha value is -2.90. The van der Waals surface area contributed by atoms with Crippen molar-refractivity contribution in [1.29, 1.82) is 0 Å². The van der Waals surface area contributed by atoms with Crippen LogP contribution in [0.2, 0.25) is 0 Å². The van der Waals surface area contributed by atoms with E-state index in [1.165, 1.54) is 24.2 Å². The van der Waals surface area contributed by atoms with Crippen molar-refractivity contribution in [3.63, 3.8) is 0 Å². The van der Waals surface area contributed by atoms with Crippen LogP contribution in [0.4, 0.5) is 11.4 Å². The number of hydrogen-bond acceptors (Lipinski definition) is 5. The van der Waals surface area contributed by atoms with Crippen LogP contribution in [0.15, 0.2) is 18.2 Å². The number of nitrogens with zero attached hydrogens (tertiary/aromatic N) is 2. The summed E-state index contributed by atoms with van der Waals surface area (Å²) in [7, 11) is 5.42. The molecule has 0 bridgehead atoms. The summed E-state index contributed by atoms with van der Waals surface area (Å²) in [5, 5.41) is 5.23. The third kappa shape index (κ3) is 10.1. The molecule has 0 aliphatic carbocycles. The SMILES string of the molecule is CNC(=O)CCC(C=O)N(C=O)c1cccc(CCCCCCCCCNC=O)c1N(C)C. The summed E-state index contributed by atoms with van der Waals surface area (Å²) in [6.07, 6.45) is 11.4. The summed E-state index contributed by atoms with van der Waals surface area (Å²) in [5.41, 5.74) is 2.75. The van der Waals surface area contributed by atoms with Crippen molar-refractivity contribution in [3.8, 4) is 0 Å². The van der Waals surface area contributed by atoms with Crippen LogP contribution in [0.25, 0.3) is 0 Å². The first kappa shape index (κ1) is 28.1. The smallest absolute Gasteiger partial charge is 0.219 e. The molecule has 0 saturated heterocycles. The molecule has 0 aliphatic heterocycles. The number of anilines is 2. The van der Waals surface area contributed by atoms with Crippen molar-refractivity contribution in [2.75, 3.05) is 37.5 Å². The van der Waals surface area contributed by atoms with Crippen LogP contribution in [-0.4, -0.2) is 58.7 Å². The van der Waals surface area contributed by atoms with Crippen molar-refractivity contribution in [2.24, 2.45) is 0 Å². The number of aldehydes is 1. The van der Waals surface area contributed by atoms with Crippen molar-refractivity contribution in [3.05, 3.63) is 23.8 Å². The van der Waals surface area contributed by atoms with Gasteiger partial charge >= 0.3 is 0 Å². The standard InChI is InChI=1S/C25H40N4O4/c1-26-24(33)16-15-22(18-30)29(20-32)23-14-11-13-21(25(23)28(2)3)12-9-7-5-4-6-8-10-17-27-19-31/h11,13-14,18-20,22H,4-10,12,15-17H2,1-3H3,(H,26,33)(H,27,31). The van der Waals surface area contributed by atoms with E-state index in [2.05, 4.69) is 16.7 Å². The Balaban J connectivity index is 2.74. The van der Waals surface area contributed by atoms with Crippen LogP contribution in [-0.2, 0) is 25.6 Å². The minimum atomic E-state index is -0.699. The lowest BCUT2D eigenvalue weighted by atomic mass is 10.0. The van der Waals surface area contributed by atoms with Gasteiger partial charge in [0.1, 0.15) is 6.29 Å². The summed E-state index contributed by atoms with van der Waals surface area (Å²) in [6, 6.07) is 5.14. The first-order valence-electron chi connectivity index (χ1n) is 11.9. The van der Waals surface area contributed by atoms with Gasteiger partial charge in [-0.2, -0.15) is 0 Å². The van der Waals surface area contributed by atoms with E-state index in [-0.39, 0.29) is 18.7 Å². The zero-order valence-electron chi connectivity index (χ0n) is 20.3. The average Bonchev–Trinajstić information content (AvgIpc) is 2.82. The van der Waals surface area contributed by atoms with Crippen LogP contribution in [0.5, 0.6) is 0 Å². The molecular formula is C25H40N4O4. The quantitative estimate of drug-likeness (QED) is 0.244. The average molecular weight is 461 g/mol. The minimum Gasteiger partial charge on any atom is -0.376 e. The number of para-hydroxylation sites is 1. The first-order valence-corrected chi connectivity index (χ1v) is 11.9. The van der Waals surface area contributed by atoms with Crippen LogP contribution in [0.3, 0.4) is 0 Å². The van der Waals surface area contributed by atoms with Gasteiger partial charge in [-0.25, -0.2) is 0 Å². The maximum atomic E-state index is 12.0. The highest BCUT2D eigenvalue weighted by Crippen LogP contribution is 2.34. The topological polar surface area (TPSA) is 98.8 Å². The zero-order valence-corrected chi connectivity index (χ0v) is 20.3. The Labute approximate surface area is 198 Å². The molecule has 33 heavy (non-hydrogen) atoms. The molecule has 0 saturated carbocycles. The molecule has 0 fully saturated rings. The number of carbonyl (C=O) groups excluding carboxylic acids is 4. The normalized spacial score (nSPS) is 11.4. The summed E-state index contributed by atoms with van der Waals surface area (Å²) in [6.45, 7) is 0.752. The lowest BCUT2D eigenvalue weighted by Gasteiger charge is -2.30. The monoisotopic (exact) mass is 460 g/mol. The number of unbranched alkanes of at least 4 members (excludes halogenated alkanes) is 6. The third-order valence-corrected chi connectivity index (χ3v) is 5.75. The van der Waals surface area contributed by atoms with E-state index in [0.717, 1.165) is 62.6 Å². The highest BCUT2D eigenvalue weighted by Gasteiger charge is 2.23. The second-order valence-corrected chi connectivity index (χ2v) is 8.40. The molecular weight excluding hydrogens is 420 g/mol. The Bertz CT molecular complexity index is 739. The second kappa shape index (κ2) is 16.7. The van der Waals surface area contributed by atoms with Crippen molar-refractivity contribution >= 4 is 36.4 Å². The van der Waals surface area contributed by atoms with E-state index < -0.39 is 6.04 Å². The van der Waals surface area contributed by atoms with Crippen LogP contribution in [0.1, 0.15) is 63.4 Å². The number of hydrogen-bond donors (Lipinski definition) is 2. The van der Waals surface area contributed by atoms with Crippen molar-refractivity contribution in [2.45, 2.75) is 70.3 Å². The maximum Gasteiger partial charge on any atom is 0.219 e. The predicted octanol–water partition coefficient (Wildman–Crippen LogP) is 2.83. The number of carbonyl (C=O) groups is 4. The molecule has 1 rings (SSSR count). The predicted molar refractivity (Wildman–Crippen MR) is 133 cm³/mol. The molecule has 1 unspecified atom stereocenters. The number of benzene rings is 1. The van der Waals surface area contributed by atoms with Gasteiger partial charge in [-0.3, -0.25) is 14.4 Å². The van der Waals surface area contributed by atoms with Gasteiger partial charge in [-0.05, 0) is 37.3 Å². The molecule has 184 valence electrons. The first-order chi connectivity index (χ1) is 16.0. The fraction of sp³-hybridized carbons (Fsp3) is 0.600. The summed E-state index contributed by atoms with van der Waals surface area (Å²) in [5.74, 6) is -0.160. The largest absolute Gasteiger partial charge is 0.376 e. The second-order valence-electron chi connectivity index (χ2n) is 8.40. The van der Waals surface area contributed by atoms with Crippen LogP contribution < -0.4 is 20.4 Å². The van der Waals surface area contributed by atoms with E-state index in [4.69, 9.17) is 0 Å². The van der Waals surface area contributed by atoms with Gasteiger partial charge in [-0.1, -0.05) is 44.2 Å². The Kier molecular flexibility index (Phi) is 14.2. The van der Waals surface area contributed by atoms with E-state index in [1.54, 1.807) is 7.05 Å². The fourth-order valence-electron chi connectivity index (χ4n) is 3.98. The van der Waals surface area contributed by atoms with E-state index in [1.807, 2.05) is 31.1 Å². The summed E-state index contributed by atoms with van der Waals surface area (Å²) in [4.78, 5) is 49.0. The Morgan fingerprint density at radius 2 is 1.67 bits per heavy atom. The number of nitrogens with one attached hydrogen (secondary N) is 2. The van der Waals surface area contributed by atoms with Gasteiger partial charge < -0.3 is 25.2 Å². The molecule has 1 atom stereocenters. The fourth-order valence-corrected chi connectivity index (χ4v) is 3.98. The van der Waals surface area contributed by atoms with E-state index in [9.17, 15) is 19.2 Å². The third-order valence-electron chi connectivity index (χ3n) is 5.75. The molecule has 0 aliphatic rings. The number of aryl methyl sites for hydroxylation is 1. The lowest BCUT2D eigenvalue weighted by molar-refractivity contribution is -0.121. The van der Waals surface area contributed by atoms with Crippen LogP contribution >= 0.6 is 0 Å². The van der Waals surface area contributed by atoms with Crippen LogP contribution in [0, 0.1) is 0 Å². The highest BCUT2D eigenvalue weighted by atomic mass is 16.2. The molecule has 0 heterocycles. The zero-order chi connectivity index (χ0) is 24.5. The summed E-state index contributed by atoms with van der Waals surface area (Å²) < 4.78 is 0. The number of rotatable bonds is 19. The van der Waals surface area contributed by atoms with Gasteiger partial charge in [-0.15, -0.1) is 0 Å². The Morgan fingerprint density at radius 1 is 1.00 bits per heavy atom. The van der Waals surface area contributed by atoms with Crippen molar-refractivity contribution in [1.82, 2.24) is 10.6 Å². The van der Waals surface area contributed by atoms with E-state index in [0.29, 0.717) is 12.1 Å². The summed E-state index contributed by atoms with van der Waals surface area (Å²) >= 11 is 0. The molecule has 3 amide bonds. The highest BCUT2D eigenvalue weighted by molar-refractivity contribution is 5.90. The van der Waals surface area contributed by atoms with E-state index >= 15 is 0 Å². The molecule has 1 aromatic carbocycles. The maximum absolute atomic E-state index is 12.0. The Morgan fingerprint density at radius 3 is 2.24 bits per heavy atom. The molecule has 0 aromatic heterocycles. The molecule has 0 spiro atoms. The van der Waals surface area contributed by atoms with Gasteiger partial charge in [0.25, 0.3) is 0 Å². The molecule has 8 heteroatoms. The molecule has 8 nitrogen and oxygen atoms in total. The van der Waals surface area contributed by atoms with Gasteiger partial charge in [0.2, 0.25) is 18.7 Å². The van der Waals surface area contributed by atoms with Crippen molar-refractivity contribution < 1.29 is 19.2 Å². The lowest BCUT2D eigenvalue weighted by Crippen LogP contribution is -2.37. The van der Waals surface area contributed by atoms with Gasteiger partial charge in [0.15, 0.2) is 0 Å².